The zero-order valence-electron chi connectivity index (χ0n) is 13.8. The zero-order chi connectivity index (χ0) is 16.1. The highest BCUT2D eigenvalue weighted by Gasteiger charge is 2.37. The first-order chi connectivity index (χ1) is 11.3. The van der Waals surface area contributed by atoms with E-state index in [4.69, 9.17) is 4.74 Å². The van der Waals surface area contributed by atoms with E-state index in [1.54, 1.807) is 0 Å². The summed E-state index contributed by atoms with van der Waals surface area (Å²) >= 11 is 0. The molecule has 1 atom stereocenters. The number of piperazine rings is 1. The lowest BCUT2D eigenvalue weighted by molar-refractivity contribution is 0.0637. The molecule has 0 saturated carbocycles. The van der Waals surface area contributed by atoms with E-state index in [1.165, 1.54) is 5.69 Å². The number of nitrogens with one attached hydrogen (secondary N) is 1. The van der Waals surface area contributed by atoms with E-state index in [0.29, 0.717) is 12.5 Å². The quantitative estimate of drug-likeness (QED) is 0.920. The van der Waals surface area contributed by atoms with E-state index in [-0.39, 0.29) is 12.1 Å². The molecule has 6 nitrogen and oxygen atoms in total. The average Bonchev–Trinajstić information content (AvgIpc) is 2.63. The molecule has 0 radical (unpaired) electrons. The topological polar surface area (TPSA) is 57.7 Å². The molecule has 1 aromatic heterocycles. The summed E-state index contributed by atoms with van der Waals surface area (Å²) in [6.07, 6.45) is 5.72. The summed E-state index contributed by atoms with van der Waals surface area (Å²) in [6.45, 7) is 6.79. The second-order valence-corrected chi connectivity index (χ2v) is 6.20. The second-order valence-electron chi connectivity index (χ2n) is 6.20. The fraction of sp³-hybridized carbons (Fsp3) is 0.647. The van der Waals surface area contributed by atoms with Gasteiger partial charge < -0.3 is 19.9 Å². The molecule has 3 heterocycles. The van der Waals surface area contributed by atoms with Gasteiger partial charge >= 0.3 is 6.09 Å². The number of aromatic nitrogens is 1. The van der Waals surface area contributed by atoms with Crippen molar-refractivity contribution in [2.45, 2.75) is 25.8 Å². The van der Waals surface area contributed by atoms with E-state index in [0.717, 1.165) is 45.6 Å². The minimum absolute atomic E-state index is 0.162. The summed E-state index contributed by atoms with van der Waals surface area (Å²) in [5.74, 6) is 0.533. The van der Waals surface area contributed by atoms with Crippen molar-refractivity contribution in [1.82, 2.24) is 15.2 Å². The Morgan fingerprint density at radius 2 is 2.04 bits per heavy atom. The molecule has 1 aromatic rings. The van der Waals surface area contributed by atoms with Crippen molar-refractivity contribution in [3.8, 4) is 0 Å². The summed E-state index contributed by atoms with van der Waals surface area (Å²) in [5.41, 5.74) is 1.18. The SMILES string of the molecule is CCOC(=O)N1CCN(c2ccncc2)CC1C1CCNCC1. The van der Waals surface area contributed by atoms with Crippen LogP contribution in [0.5, 0.6) is 0 Å². The number of ether oxygens (including phenoxy) is 1. The lowest BCUT2D eigenvalue weighted by Crippen LogP contribution is -2.59. The number of hydrogen-bond acceptors (Lipinski definition) is 5. The van der Waals surface area contributed by atoms with Gasteiger partial charge in [-0.1, -0.05) is 0 Å². The van der Waals surface area contributed by atoms with E-state index in [1.807, 2.05) is 36.4 Å². The van der Waals surface area contributed by atoms with Gasteiger partial charge in [-0.15, -0.1) is 0 Å². The van der Waals surface area contributed by atoms with Crippen LogP contribution in [0.3, 0.4) is 0 Å². The minimum atomic E-state index is -0.162. The van der Waals surface area contributed by atoms with Crippen LogP contribution in [0.25, 0.3) is 0 Å². The molecule has 3 rings (SSSR count). The van der Waals surface area contributed by atoms with Gasteiger partial charge in [0.05, 0.1) is 12.6 Å². The Kier molecular flexibility index (Phi) is 5.33. The Morgan fingerprint density at radius 3 is 2.74 bits per heavy atom. The largest absolute Gasteiger partial charge is 0.450 e. The molecule has 6 heteroatoms. The van der Waals surface area contributed by atoms with Crippen LogP contribution in [0.4, 0.5) is 10.5 Å². The van der Waals surface area contributed by atoms with Gasteiger partial charge in [0.15, 0.2) is 0 Å². The Labute approximate surface area is 137 Å². The molecule has 23 heavy (non-hydrogen) atoms. The second kappa shape index (κ2) is 7.64. The maximum atomic E-state index is 12.4. The van der Waals surface area contributed by atoms with Crippen molar-refractivity contribution in [3.05, 3.63) is 24.5 Å². The number of rotatable bonds is 3. The number of amides is 1. The predicted octanol–water partition coefficient (Wildman–Crippen LogP) is 1.73. The molecule has 2 fully saturated rings. The average molecular weight is 318 g/mol. The lowest BCUT2D eigenvalue weighted by atomic mass is 9.87. The van der Waals surface area contributed by atoms with Gasteiger partial charge in [-0.05, 0) is 50.9 Å². The Morgan fingerprint density at radius 1 is 1.30 bits per heavy atom. The molecule has 1 N–H and O–H groups in total. The van der Waals surface area contributed by atoms with Crippen LogP contribution in [0.2, 0.25) is 0 Å². The summed E-state index contributed by atoms with van der Waals surface area (Å²) in [6, 6.07) is 4.30. The molecule has 0 aliphatic carbocycles. The molecule has 0 spiro atoms. The fourth-order valence-corrected chi connectivity index (χ4v) is 3.66. The third-order valence-corrected chi connectivity index (χ3v) is 4.88. The van der Waals surface area contributed by atoms with Crippen LogP contribution in [-0.2, 0) is 4.74 Å². The highest BCUT2D eigenvalue weighted by atomic mass is 16.6. The van der Waals surface area contributed by atoms with E-state index >= 15 is 0 Å². The van der Waals surface area contributed by atoms with Crippen molar-refractivity contribution >= 4 is 11.8 Å². The normalized spacial score (nSPS) is 22.9. The summed E-state index contributed by atoms with van der Waals surface area (Å²) < 4.78 is 5.29. The summed E-state index contributed by atoms with van der Waals surface area (Å²) in [5, 5.41) is 3.41. The maximum Gasteiger partial charge on any atom is 0.410 e. The third kappa shape index (κ3) is 3.75. The lowest BCUT2D eigenvalue weighted by Gasteiger charge is -2.46. The van der Waals surface area contributed by atoms with E-state index in [2.05, 4.69) is 15.2 Å². The number of hydrogen-bond donors (Lipinski definition) is 1. The number of carbonyl (C=O) groups is 1. The highest BCUT2D eigenvalue weighted by Crippen LogP contribution is 2.27. The van der Waals surface area contributed by atoms with Crippen LogP contribution >= 0.6 is 0 Å². The molecule has 2 saturated heterocycles. The molecule has 1 unspecified atom stereocenters. The van der Waals surface area contributed by atoms with Crippen LogP contribution in [0.15, 0.2) is 24.5 Å². The Hall–Kier alpha value is -1.82. The molecule has 2 aliphatic heterocycles. The first-order valence-corrected chi connectivity index (χ1v) is 8.58. The molecule has 126 valence electrons. The van der Waals surface area contributed by atoms with Crippen LogP contribution < -0.4 is 10.2 Å². The maximum absolute atomic E-state index is 12.4. The summed E-state index contributed by atoms with van der Waals surface area (Å²) in [7, 11) is 0. The molecule has 0 bridgehead atoms. The predicted molar refractivity (Wildman–Crippen MR) is 89.6 cm³/mol. The number of piperidine rings is 1. The Bertz CT molecular complexity index is 505. The van der Waals surface area contributed by atoms with Gasteiger partial charge in [-0.2, -0.15) is 0 Å². The van der Waals surface area contributed by atoms with Crippen molar-refractivity contribution in [1.29, 1.82) is 0 Å². The minimum Gasteiger partial charge on any atom is -0.450 e. The Balaban J connectivity index is 1.76. The zero-order valence-corrected chi connectivity index (χ0v) is 13.8. The number of anilines is 1. The monoisotopic (exact) mass is 318 g/mol. The van der Waals surface area contributed by atoms with Crippen molar-refractivity contribution in [2.75, 3.05) is 44.2 Å². The van der Waals surface area contributed by atoms with E-state index in [9.17, 15) is 4.79 Å². The standard InChI is InChI=1S/C17H26N4O2/c1-2-23-17(22)21-12-11-20(15-5-9-19-10-6-15)13-16(21)14-3-7-18-8-4-14/h5-6,9-10,14,16,18H,2-4,7-8,11-13H2,1H3. The molecule has 1 amide bonds. The smallest absolute Gasteiger partial charge is 0.410 e. The number of pyridine rings is 1. The van der Waals surface area contributed by atoms with Crippen LogP contribution in [-0.4, -0.2) is 61.3 Å². The number of carbonyl (C=O) groups excluding carboxylic acids is 1. The molecular weight excluding hydrogens is 292 g/mol. The van der Waals surface area contributed by atoms with Gasteiger partial charge in [-0.25, -0.2) is 4.79 Å². The van der Waals surface area contributed by atoms with Crippen molar-refractivity contribution < 1.29 is 9.53 Å². The van der Waals surface area contributed by atoms with Gasteiger partial charge in [-0.3, -0.25) is 4.98 Å². The van der Waals surface area contributed by atoms with Crippen molar-refractivity contribution in [2.24, 2.45) is 5.92 Å². The van der Waals surface area contributed by atoms with Crippen molar-refractivity contribution in [3.63, 3.8) is 0 Å². The van der Waals surface area contributed by atoms with Gasteiger partial charge in [0, 0.05) is 37.7 Å². The number of nitrogens with zero attached hydrogens (tertiary/aromatic N) is 3. The van der Waals surface area contributed by atoms with Crippen LogP contribution in [0.1, 0.15) is 19.8 Å². The van der Waals surface area contributed by atoms with E-state index < -0.39 is 0 Å². The summed E-state index contributed by atoms with van der Waals surface area (Å²) in [4.78, 5) is 20.8. The molecule has 0 aromatic carbocycles. The highest BCUT2D eigenvalue weighted by molar-refractivity contribution is 5.68. The molecular formula is C17H26N4O2. The fourth-order valence-electron chi connectivity index (χ4n) is 3.66. The van der Waals surface area contributed by atoms with Gasteiger partial charge in [0.2, 0.25) is 0 Å². The van der Waals surface area contributed by atoms with Crippen LogP contribution in [0, 0.1) is 5.92 Å². The first-order valence-electron chi connectivity index (χ1n) is 8.58. The first kappa shape index (κ1) is 16.1. The molecule has 2 aliphatic rings. The van der Waals surface area contributed by atoms with Gasteiger partial charge in [0.1, 0.15) is 0 Å². The third-order valence-electron chi connectivity index (χ3n) is 4.88. The van der Waals surface area contributed by atoms with Gasteiger partial charge in [0.25, 0.3) is 0 Å².